The molecule has 0 radical (unpaired) electrons. The summed E-state index contributed by atoms with van der Waals surface area (Å²) in [7, 11) is 0. The minimum Gasteiger partial charge on any atom is -0.435 e. The maximum Gasteiger partial charge on any atom is 0.308 e. The van der Waals surface area contributed by atoms with Crippen LogP contribution in [0.4, 0.5) is 17.2 Å². The normalized spacial score (nSPS) is 33.2. The molecule has 8 atom stereocenters. The number of nitrogens with one attached hydrogen (secondary N) is 2. The van der Waals surface area contributed by atoms with E-state index in [1.54, 1.807) is 30.3 Å². The summed E-state index contributed by atoms with van der Waals surface area (Å²) in [5, 5.41) is 7.54. The first kappa shape index (κ1) is 31.5. The van der Waals surface area contributed by atoms with Crippen LogP contribution in [0.2, 0.25) is 10.0 Å². The minimum absolute atomic E-state index is 0.0245. The molecule has 1 aliphatic carbocycles. The lowest BCUT2D eigenvalue weighted by atomic mass is 9.58. The van der Waals surface area contributed by atoms with E-state index < -0.39 is 29.9 Å². The molecular formula is C33H36Cl2N4O7. The van der Waals surface area contributed by atoms with Crippen molar-refractivity contribution in [1.82, 2.24) is 9.97 Å². The summed E-state index contributed by atoms with van der Waals surface area (Å²) < 4.78 is 18.5. The second kappa shape index (κ2) is 12.2. The molecule has 8 rings (SSSR count). The number of anilines is 3. The van der Waals surface area contributed by atoms with Gasteiger partial charge in [0.05, 0.1) is 33.1 Å². The highest BCUT2D eigenvalue weighted by Gasteiger charge is 2.69. The molecule has 1 saturated carbocycles. The summed E-state index contributed by atoms with van der Waals surface area (Å²) >= 11 is 12.3. The van der Waals surface area contributed by atoms with Crippen molar-refractivity contribution in [3.05, 3.63) is 52.8 Å². The monoisotopic (exact) mass is 670 g/mol. The van der Waals surface area contributed by atoms with Crippen LogP contribution in [0.5, 0.6) is 0 Å². The Kier molecular flexibility index (Phi) is 8.36. The van der Waals surface area contributed by atoms with Crippen molar-refractivity contribution < 1.29 is 33.6 Å². The van der Waals surface area contributed by atoms with Gasteiger partial charge in [-0.1, -0.05) is 43.1 Å². The van der Waals surface area contributed by atoms with E-state index in [1.165, 1.54) is 6.33 Å². The largest absolute Gasteiger partial charge is 0.435 e. The Balaban J connectivity index is 1.01. The van der Waals surface area contributed by atoms with Crippen molar-refractivity contribution >= 4 is 63.2 Å². The average molecular weight is 672 g/mol. The number of benzene rings is 2. The molecule has 13 heteroatoms. The molecule has 1 aromatic heterocycles. The summed E-state index contributed by atoms with van der Waals surface area (Å²) in [6, 6.07) is 10.5. The second-order valence-corrected chi connectivity index (χ2v) is 13.8. The lowest BCUT2D eigenvalue weighted by Gasteiger charge is -2.59. The zero-order chi connectivity index (χ0) is 32.2. The lowest BCUT2D eigenvalue weighted by molar-refractivity contribution is -0.576. The Morgan fingerprint density at radius 2 is 1.87 bits per heavy atom. The smallest absolute Gasteiger partial charge is 0.308 e. The lowest BCUT2D eigenvalue weighted by Crippen LogP contribution is -2.70. The Labute approximate surface area is 276 Å². The summed E-state index contributed by atoms with van der Waals surface area (Å²) in [5.41, 5.74) is 1.03. The van der Waals surface area contributed by atoms with Crippen LogP contribution in [0.3, 0.4) is 0 Å². The number of ether oxygens (including phenoxy) is 3. The average Bonchev–Trinajstić information content (AvgIpc) is 3.26. The van der Waals surface area contributed by atoms with Crippen molar-refractivity contribution in [1.29, 1.82) is 0 Å². The summed E-state index contributed by atoms with van der Waals surface area (Å²) in [4.78, 5) is 46.9. The van der Waals surface area contributed by atoms with Crippen molar-refractivity contribution in [2.24, 2.45) is 23.7 Å². The molecular weight excluding hydrogens is 635 g/mol. The molecule has 2 bridgehead atoms. The number of nitrogens with zero attached hydrogens (tertiary/aromatic N) is 2. The van der Waals surface area contributed by atoms with Gasteiger partial charge < -0.3 is 24.8 Å². The second-order valence-electron chi connectivity index (χ2n) is 13.0. The van der Waals surface area contributed by atoms with E-state index in [2.05, 4.69) is 27.5 Å². The number of rotatable bonds is 7. The molecule has 46 heavy (non-hydrogen) atoms. The van der Waals surface area contributed by atoms with E-state index in [4.69, 9.17) is 47.2 Å². The molecule has 5 fully saturated rings. The number of carbonyl (C=O) groups excluding carboxylic acids is 2. The van der Waals surface area contributed by atoms with Gasteiger partial charge in [-0.05, 0) is 68.4 Å². The predicted molar refractivity (Wildman–Crippen MR) is 170 cm³/mol. The zero-order valence-electron chi connectivity index (χ0n) is 25.8. The molecule has 1 spiro atoms. The number of hydrogen-bond acceptors (Lipinski definition) is 10. The summed E-state index contributed by atoms with van der Waals surface area (Å²) in [6.45, 7) is 6.12. The van der Waals surface area contributed by atoms with Crippen LogP contribution >= 0.6 is 23.2 Å². The molecule has 3 aromatic rings. The molecule has 5 aliphatic rings. The molecule has 2 aromatic carbocycles. The summed E-state index contributed by atoms with van der Waals surface area (Å²) in [6.07, 6.45) is 3.18. The van der Waals surface area contributed by atoms with Crippen molar-refractivity contribution in [2.75, 3.05) is 10.6 Å². The molecule has 1 amide bonds. The fraction of sp³-hybridized carbons (Fsp3) is 0.515. The van der Waals surface area contributed by atoms with Gasteiger partial charge in [0, 0.05) is 30.4 Å². The SMILES string of the molecule is C[C@H]1[C@@H](OC(=O)CCC(=O)Nc2cccc3ncnc(Nc4ccc(Cl)c(Cl)c4)c23)O[C@@H]2O[C@]3(C)CC[C@H]4[C@H](C)CC[C@@H]1[C@@]24OO3. The van der Waals surface area contributed by atoms with Crippen LogP contribution in [0, 0.1) is 23.7 Å². The van der Waals surface area contributed by atoms with Gasteiger partial charge in [-0.3, -0.25) is 9.59 Å². The van der Waals surface area contributed by atoms with E-state index in [0.29, 0.717) is 50.5 Å². The number of esters is 1. The fourth-order valence-electron chi connectivity index (χ4n) is 7.64. The molecule has 5 heterocycles. The van der Waals surface area contributed by atoms with Gasteiger partial charge in [-0.15, -0.1) is 0 Å². The Morgan fingerprint density at radius 1 is 1.02 bits per heavy atom. The number of hydrogen-bond donors (Lipinski definition) is 2. The molecule has 4 saturated heterocycles. The first-order valence-corrected chi connectivity index (χ1v) is 16.5. The number of carbonyl (C=O) groups is 2. The van der Waals surface area contributed by atoms with Crippen LogP contribution < -0.4 is 10.6 Å². The van der Waals surface area contributed by atoms with Crippen molar-refractivity contribution in [3.63, 3.8) is 0 Å². The minimum atomic E-state index is -0.922. The van der Waals surface area contributed by atoms with Gasteiger partial charge >= 0.3 is 5.97 Å². The third kappa shape index (κ3) is 5.61. The first-order valence-electron chi connectivity index (χ1n) is 15.7. The third-order valence-corrected chi connectivity index (χ3v) is 10.8. The fourth-order valence-corrected chi connectivity index (χ4v) is 7.94. The van der Waals surface area contributed by atoms with Gasteiger partial charge in [0.15, 0.2) is 11.9 Å². The maximum absolute atomic E-state index is 13.1. The summed E-state index contributed by atoms with van der Waals surface area (Å²) in [5.74, 6) is -0.844. The Morgan fingerprint density at radius 3 is 2.70 bits per heavy atom. The predicted octanol–water partition coefficient (Wildman–Crippen LogP) is 7.15. The van der Waals surface area contributed by atoms with E-state index in [9.17, 15) is 9.59 Å². The van der Waals surface area contributed by atoms with Crippen LogP contribution in [-0.4, -0.2) is 45.8 Å². The third-order valence-electron chi connectivity index (χ3n) is 10.0. The van der Waals surface area contributed by atoms with Crippen molar-refractivity contribution in [3.8, 4) is 0 Å². The highest BCUT2D eigenvalue weighted by Crippen LogP contribution is 2.60. The zero-order valence-corrected chi connectivity index (χ0v) is 27.3. The molecule has 244 valence electrons. The Hall–Kier alpha value is -3.06. The standard InChI is InChI=1S/C33H36Cl2N4O7/c1-17-7-9-21-18(2)30(43-31-33(21)20(17)13-14-32(3,44-31)45-46-33)42-27(41)12-11-26(40)39-25-6-4-5-24-28(25)29(37-16-36-24)38-19-8-10-22(34)23(35)15-19/h4-6,8,10,15-18,20-21,30-31H,7,9,11-14H2,1-3H3,(H,39,40)(H,36,37,38)/t17-,18-,20+,21+,30+,31-,32+,33-/m1/s1. The molecule has 0 unspecified atom stereocenters. The topological polar surface area (TPSA) is 130 Å². The van der Waals surface area contributed by atoms with E-state index in [-0.39, 0.29) is 36.5 Å². The van der Waals surface area contributed by atoms with E-state index in [1.807, 2.05) is 19.9 Å². The van der Waals surface area contributed by atoms with Gasteiger partial charge in [0.25, 0.3) is 0 Å². The van der Waals surface area contributed by atoms with Gasteiger partial charge in [0.2, 0.25) is 18.0 Å². The molecule has 11 nitrogen and oxygen atoms in total. The van der Waals surface area contributed by atoms with Gasteiger partial charge in [-0.25, -0.2) is 19.7 Å². The van der Waals surface area contributed by atoms with Crippen LogP contribution in [-0.2, 0) is 33.6 Å². The Bertz CT molecular complexity index is 1670. The number of amides is 1. The highest BCUT2D eigenvalue weighted by atomic mass is 35.5. The van der Waals surface area contributed by atoms with E-state index >= 15 is 0 Å². The van der Waals surface area contributed by atoms with E-state index in [0.717, 1.165) is 19.3 Å². The molecule has 2 N–H and O–H groups in total. The molecule has 4 aliphatic heterocycles. The maximum atomic E-state index is 13.1. The van der Waals surface area contributed by atoms with Crippen LogP contribution in [0.15, 0.2) is 42.7 Å². The van der Waals surface area contributed by atoms with Gasteiger partial charge in [0.1, 0.15) is 12.1 Å². The highest BCUT2D eigenvalue weighted by molar-refractivity contribution is 6.42. The van der Waals surface area contributed by atoms with Crippen LogP contribution in [0.25, 0.3) is 10.9 Å². The first-order chi connectivity index (χ1) is 22.1. The van der Waals surface area contributed by atoms with Crippen LogP contribution in [0.1, 0.15) is 59.3 Å². The van der Waals surface area contributed by atoms with Crippen molar-refractivity contribution in [2.45, 2.75) is 83.3 Å². The quantitative estimate of drug-likeness (QED) is 0.197. The number of halogens is 2. The van der Waals surface area contributed by atoms with Gasteiger partial charge in [-0.2, -0.15) is 0 Å². The number of fused-ring (bicyclic) bond motifs is 3. The number of aromatic nitrogens is 2.